The Kier molecular flexibility index (Phi) is 3.34. The second-order valence-electron chi connectivity index (χ2n) is 2.23. The number of hydrogen-bond donors (Lipinski definition) is 1. The maximum absolute atomic E-state index is 10.1. The van der Waals surface area contributed by atoms with Crippen LogP contribution in [-0.4, -0.2) is 11.3 Å². The van der Waals surface area contributed by atoms with E-state index in [1.807, 2.05) is 18.2 Å². The van der Waals surface area contributed by atoms with Gasteiger partial charge in [0, 0.05) is 6.08 Å². The van der Waals surface area contributed by atoms with Gasteiger partial charge in [-0.25, -0.2) is 4.79 Å². The van der Waals surface area contributed by atoms with Crippen molar-refractivity contribution in [2.45, 2.75) is 0 Å². The van der Waals surface area contributed by atoms with Crippen LogP contribution in [0.2, 0.25) is 0 Å². The molecular weight excluding hydrogens is 192 g/mol. The molecule has 13 heavy (non-hydrogen) atoms. The van der Waals surface area contributed by atoms with Crippen LogP contribution in [0.5, 0.6) is 0 Å². The first-order valence-electron chi connectivity index (χ1n) is 3.51. The first kappa shape index (κ1) is 9.61. The molecule has 0 aromatic heterocycles. The zero-order valence-electron chi connectivity index (χ0n) is 6.61. The molecule has 0 atom stereocenters. The zero-order chi connectivity index (χ0) is 9.68. The average Bonchev–Trinajstić information content (AvgIpc) is 2.04. The third kappa shape index (κ3) is 3.62. The van der Waals surface area contributed by atoms with Crippen molar-refractivity contribution in [3.63, 3.8) is 0 Å². The van der Waals surface area contributed by atoms with Gasteiger partial charge >= 0.3 is 6.16 Å². The van der Waals surface area contributed by atoms with Crippen LogP contribution in [0.15, 0.2) is 35.6 Å². The van der Waals surface area contributed by atoms with Crippen LogP contribution in [0, 0.1) is 0 Å². The lowest BCUT2D eigenvalue weighted by molar-refractivity contribution is 0.125. The number of ether oxygens (including phenoxy) is 1. The summed E-state index contributed by atoms with van der Waals surface area (Å²) in [6.45, 7) is 0. The number of rotatable bonds is 2. The summed E-state index contributed by atoms with van der Waals surface area (Å²) in [4.78, 5) is 10.1. The summed E-state index contributed by atoms with van der Waals surface area (Å²) < 4.78 is 4.20. The molecule has 68 valence electrons. The van der Waals surface area contributed by atoms with E-state index in [9.17, 15) is 4.79 Å². The molecular formula is C9H7ClO3. The van der Waals surface area contributed by atoms with E-state index in [1.165, 1.54) is 6.08 Å². The summed E-state index contributed by atoms with van der Waals surface area (Å²) in [7, 11) is 0. The Bertz CT molecular complexity index is 319. The van der Waals surface area contributed by atoms with Gasteiger partial charge in [-0.15, -0.1) is 0 Å². The van der Waals surface area contributed by atoms with E-state index in [1.54, 1.807) is 12.1 Å². The van der Waals surface area contributed by atoms with Crippen molar-refractivity contribution >= 4 is 23.8 Å². The lowest BCUT2D eigenvalue weighted by Crippen LogP contribution is -1.95. The molecule has 0 fully saturated rings. The number of halogens is 1. The van der Waals surface area contributed by atoms with E-state index in [0.717, 1.165) is 5.56 Å². The second-order valence-corrected chi connectivity index (χ2v) is 2.60. The Hall–Kier alpha value is -1.48. The quantitative estimate of drug-likeness (QED) is 0.587. The number of hydrogen-bond acceptors (Lipinski definition) is 2. The minimum atomic E-state index is -1.42. The fraction of sp³-hybridized carbons (Fsp3) is 0. The van der Waals surface area contributed by atoms with Gasteiger partial charge in [-0.3, -0.25) is 0 Å². The van der Waals surface area contributed by atoms with E-state index in [-0.39, 0.29) is 5.22 Å². The Morgan fingerprint density at radius 3 is 2.54 bits per heavy atom. The molecule has 1 N–H and O–H groups in total. The molecule has 0 aliphatic rings. The Morgan fingerprint density at radius 2 is 2.00 bits per heavy atom. The zero-order valence-corrected chi connectivity index (χ0v) is 7.36. The van der Waals surface area contributed by atoms with E-state index in [4.69, 9.17) is 16.7 Å². The molecule has 0 spiro atoms. The van der Waals surface area contributed by atoms with Gasteiger partial charge in [0.05, 0.1) is 0 Å². The van der Waals surface area contributed by atoms with E-state index in [0.29, 0.717) is 0 Å². The summed E-state index contributed by atoms with van der Waals surface area (Å²) in [5.41, 5.74) is 0.786. The molecule has 1 aromatic rings. The van der Waals surface area contributed by atoms with Crippen molar-refractivity contribution in [2.24, 2.45) is 0 Å². The number of carboxylic acid groups (broad SMARTS) is 1. The molecule has 0 amide bonds. The van der Waals surface area contributed by atoms with Crippen LogP contribution >= 0.6 is 11.6 Å². The van der Waals surface area contributed by atoms with Crippen molar-refractivity contribution in [1.82, 2.24) is 0 Å². The van der Waals surface area contributed by atoms with E-state index >= 15 is 0 Å². The number of benzene rings is 1. The van der Waals surface area contributed by atoms with Crippen molar-refractivity contribution in [3.05, 3.63) is 41.1 Å². The van der Waals surface area contributed by atoms with Gasteiger partial charge in [0.2, 0.25) is 5.22 Å². The molecule has 0 bridgehead atoms. The summed E-state index contributed by atoms with van der Waals surface area (Å²) in [6.07, 6.45) is 0.00699. The molecule has 0 saturated carbocycles. The van der Waals surface area contributed by atoms with Gasteiger partial charge in [-0.2, -0.15) is 0 Å². The maximum atomic E-state index is 10.1. The van der Waals surface area contributed by atoms with Gasteiger partial charge in [-0.05, 0) is 17.2 Å². The minimum Gasteiger partial charge on any atom is -0.449 e. The summed E-state index contributed by atoms with van der Waals surface area (Å²) in [5, 5.41) is 8.05. The third-order valence-electron chi connectivity index (χ3n) is 1.26. The smallest absolute Gasteiger partial charge is 0.449 e. The normalized spacial score (nSPS) is 11.0. The Labute approximate surface area is 80.2 Å². The predicted molar refractivity (Wildman–Crippen MR) is 49.4 cm³/mol. The largest absolute Gasteiger partial charge is 0.512 e. The highest BCUT2D eigenvalue weighted by Crippen LogP contribution is 2.10. The van der Waals surface area contributed by atoms with Gasteiger partial charge in [0.25, 0.3) is 0 Å². The molecule has 0 aliphatic carbocycles. The van der Waals surface area contributed by atoms with Crippen molar-refractivity contribution in [3.8, 4) is 0 Å². The van der Waals surface area contributed by atoms with Crippen LogP contribution in [-0.2, 0) is 4.74 Å². The first-order chi connectivity index (χ1) is 6.18. The van der Waals surface area contributed by atoms with Gasteiger partial charge < -0.3 is 9.84 Å². The van der Waals surface area contributed by atoms with Crippen molar-refractivity contribution in [1.29, 1.82) is 0 Å². The molecule has 0 heterocycles. The maximum Gasteiger partial charge on any atom is 0.512 e. The Morgan fingerprint density at radius 1 is 1.38 bits per heavy atom. The van der Waals surface area contributed by atoms with Gasteiger partial charge in [0.1, 0.15) is 0 Å². The lowest BCUT2D eigenvalue weighted by atomic mass is 10.2. The molecule has 0 radical (unpaired) electrons. The standard InChI is InChI=1S/C9H7ClO3/c10-8(13-9(11)12)6-7-4-2-1-3-5-7/h1-6H,(H,11,12). The third-order valence-corrected chi connectivity index (χ3v) is 1.45. The van der Waals surface area contributed by atoms with Crippen LogP contribution < -0.4 is 0 Å². The van der Waals surface area contributed by atoms with Gasteiger partial charge in [-0.1, -0.05) is 30.3 Å². The summed E-state index contributed by atoms with van der Waals surface area (Å²) in [6, 6.07) is 9.05. The highest BCUT2D eigenvalue weighted by Gasteiger charge is 1.99. The van der Waals surface area contributed by atoms with Crippen molar-refractivity contribution < 1.29 is 14.6 Å². The van der Waals surface area contributed by atoms with Crippen molar-refractivity contribution in [2.75, 3.05) is 0 Å². The SMILES string of the molecule is O=C(O)OC(Cl)=Cc1ccccc1. The summed E-state index contributed by atoms with van der Waals surface area (Å²) >= 11 is 5.47. The Balaban J connectivity index is 2.71. The minimum absolute atomic E-state index is 0.168. The van der Waals surface area contributed by atoms with Crippen LogP contribution in [0.25, 0.3) is 6.08 Å². The van der Waals surface area contributed by atoms with Crippen LogP contribution in [0.1, 0.15) is 5.56 Å². The molecule has 1 rings (SSSR count). The molecule has 0 aliphatic heterocycles. The molecule has 0 saturated heterocycles. The second kappa shape index (κ2) is 4.52. The first-order valence-corrected chi connectivity index (χ1v) is 3.89. The van der Waals surface area contributed by atoms with Gasteiger partial charge in [0.15, 0.2) is 0 Å². The monoisotopic (exact) mass is 198 g/mol. The predicted octanol–water partition coefficient (Wildman–Crippen LogP) is 2.92. The van der Waals surface area contributed by atoms with E-state index in [2.05, 4.69) is 4.74 Å². The highest BCUT2D eigenvalue weighted by atomic mass is 35.5. The lowest BCUT2D eigenvalue weighted by Gasteiger charge is -1.96. The fourth-order valence-electron chi connectivity index (χ4n) is 0.793. The topological polar surface area (TPSA) is 46.5 Å². The summed E-state index contributed by atoms with van der Waals surface area (Å²) in [5.74, 6) is 0. The molecule has 3 nitrogen and oxygen atoms in total. The van der Waals surface area contributed by atoms with Crippen LogP contribution in [0.3, 0.4) is 0 Å². The van der Waals surface area contributed by atoms with E-state index < -0.39 is 6.16 Å². The molecule has 1 aromatic carbocycles. The highest BCUT2D eigenvalue weighted by molar-refractivity contribution is 6.30. The fourth-order valence-corrected chi connectivity index (χ4v) is 0.985. The molecule has 0 unspecified atom stereocenters. The molecule has 4 heteroatoms. The average molecular weight is 199 g/mol. The number of carbonyl (C=O) groups is 1. The van der Waals surface area contributed by atoms with Crippen LogP contribution in [0.4, 0.5) is 4.79 Å².